The summed E-state index contributed by atoms with van der Waals surface area (Å²) in [6, 6.07) is 30.9. The number of benzene rings is 3. The summed E-state index contributed by atoms with van der Waals surface area (Å²) in [4.78, 5) is 12.9. The van der Waals surface area contributed by atoms with E-state index in [4.69, 9.17) is 18.9 Å². The van der Waals surface area contributed by atoms with Gasteiger partial charge in [0.05, 0.1) is 27.9 Å². The van der Waals surface area contributed by atoms with Gasteiger partial charge < -0.3 is 24.3 Å². The number of hydrogen-bond acceptors (Lipinski definition) is 5. The average Bonchev–Trinajstić information content (AvgIpc) is 3.54. The van der Waals surface area contributed by atoms with Crippen LogP contribution in [0.5, 0.6) is 0 Å². The van der Waals surface area contributed by atoms with E-state index in [2.05, 4.69) is 79.9 Å². The van der Waals surface area contributed by atoms with Crippen molar-refractivity contribution >= 4 is 19.4 Å². The van der Waals surface area contributed by atoms with Gasteiger partial charge >= 0.3 is 6.09 Å². The molecule has 0 radical (unpaired) electrons. The molecule has 7 heteroatoms. The van der Waals surface area contributed by atoms with Crippen molar-refractivity contribution in [2.75, 3.05) is 19.8 Å². The maximum Gasteiger partial charge on any atom is 0.407 e. The third-order valence-corrected chi connectivity index (χ3v) is 13.9. The van der Waals surface area contributed by atoms with E-state index < -0.39 is 13.9 Å². The zero-order valence-electron chi connectivity index (χ0n) is 28.3. The Balaban J connectivity index is 1.24. The van der Waals surface area contributed by atoms with E-state index in [-0.39, 0.29) is 24.3 Å². The molecule has 46 heavy (non-hydrogen) atoms. The van der Waals surface area contributed by atoms with E-state index in [9.17, 15) is 4.79 Å². The molecule has 0 aliphatic carbocycles. The topological polar surface area (TPSA) is 66.0 Å². The molecular formula is C39H55NO5Si. The van der Waals surface area contributed by atoms with Gasteiger partial charge in [0.1, 0.15) is 6.61 Å². The van der Waals surface area contributed by atoms with E-state index in [1.165, 1.54) is 36.4 Å². The number of ether oxygens (including phenoxy) is 4. The maximum absolute atomic E-state index is 12.9. The van der Waals surface area contributed by atoms with Crippen LogP contribution < -0.4 is 10.5 Å². The Morgan fingerprint density at radius 3 is 1.93 bits per heavy atom. The zero-order valence-corrected chi connectivity index (χ0v) is 29.3. The third kappa shape index (κ3) is 11.7. The molecule has 2 atom stereocenters. The molecule has 250 valence electrons. The van der Waals surface area contributed by atoms with E-state index in [1.807, 2.05) is 36.4 Å². The first-order chi connectivity index (χ1) is 22.4. The molecule has 0 saturated carbocycles. The molecule has 1 heterocycles. The Hall–Kier alpha value is -2.97. The van der Waals surface area contributed by atoms with Crippen molar-refractivity contribution in [1.29, 1.82) is 0 Å². The molecule has 4 rings (SSSR count). The SMILES string of the molecule is C[C@H](NC(=O)OCc1ccccc1)[C@H](CCC1(CCCCCCCCOCc2ccccc2)OCCO1)[Si](C)(C)c1ccccc1. The molecule has 0 bridgehead atoms. The smallest absolute Gasteiger partial charge is 0.407 e. The Labute approximate surface area is 278 Å². The van der Waals surface area contributed by atoms with E-state index >= 15 is 0 Å². The van der Waals surface area contributed by atoms with Crippen LogP contribution in [0.2, 0.25) is 18.6 Å². The van der Waals surface area contributed by atoms with Gasteiger partial charge in [0.25, 0.3) is 0 Å². The second-order valence-corrected chi connectivity index (χ2v) is 18.0. The van der Waals surface area contributed by atoms with Crippen molar-refractivity contribution < 1.29 is 23.7 Å². The highest BCUT2D eigenvalue weighted by molar-refractivity contribution is 6.91. The number of rotatable bonds is 20. The lowest BCUT2D eigenvalue weighted by Gasteiger charge is -2.39. The molecule has 3 aromatic carbocycles. The van der Waals surface area contributed by atoms with Crippen LogP contribution in [0.15, 0.2) is 91.0 Å². The minimum absolute atomic E-state index is 0.0553. The van der Waals surface area contributed by atoms with Gasteiger partial charge in [0, 0.05) is 25.5 Å². The third-order valence-electron chi connectivity index (χ3n) is 9.46. The number of nitrogens with one attached hydrogen (secondary N) is 1. The van der Waals surface area contributed by atoms with Gasteiger partial charge in [-0.15, -0.1) is 0 Å². The second-order valence-electron chi connectivity index (χ2n) is 13.2. The normalized spacial score (nSPS) is 15.7. The maximum atomic E-state index is 12.9. The Morgan fingerprint density at radius 2 is 1.30 bits per heavy atom. The van der Waals surface area contributed by atoms with Crippen molar-refractivity contribution in [3.63, 3.8) is 0 Å². The first kappa shape index (κ1) is 35.9. The van der Waals surface area contributed by atoms with Crippen LogP contribution in [0, 0.1) is 0 Å². The Morgan fingerprint density at radius 1 is 0.761 bits per heavy atom. The van der Waals surface area contributed by atoms with Gasteiger partial charge in [-0.3, -0.25) is 0 Å². The fourth-order valence-corrected chi connectivity index (χ4v) is 10.4. The molecule has 0 aromatic heterocycles. The molecular weight excluding hydrogens is 591 g/mol. The van der Waals surface area contributed by atoms with Crippen LogP contribution in [0.1, 0.15) is 75.8 Å². The molecule has 3 aromatic rings. The Kier molecular flexibility index (Phi) is 14.8. The lowest BCUT2D eigenvalue weighted by atomic mass is 9.98. The van der Waals surface area contributed by atoms with Crippen LogP contribution in [0.4, 0.5) is 4.79 Å². The van der Waals surface area contributed by atoms with Crippen LogP contribution in [-0.2, 0) is 32.2 Å². The molecule has 1 amide bonds. The first-order valence-electron chi connectivity index (χ1n) is 17.3. The molecule has 1 aliphatic heterocycles. The van der Waals surface area contributed by atoms with Gasteiger partial charge in [-0.1, -0.05) is 135 Å². The highest BCUT2D eigenvalue weighted by Gasteiger charge is 2.42. The average molecular weight is 646 g/mol. The molecule has 0 spiro atoms. The molecule has 1 saturated heterocycles. The monoisotopic (exact) mass is 645 g/mol. The highest BCUT2D eigenvalue weighted by Crippen LogP contribution is 2.38. The molecule has 0 unspecified atom stereocenters. The Bertz CT molecular complexity index is 1250. The molecule has 6 nitrogen and oxygen atoms in total. The fraction of sp³-hybridized carbons (Fsp3) is 0.513. The summed E-state index contributed by atoms with van der Waals surface area (Å²) in [6.45, 7) is 10.0. The molecule has 1 fully saturated rings. The summed E-state index contributed by atoms with van der Waals surface area (Å²) >= 11 is 0. The fourth-order valence-electron chi connectivity index (χ4n) is 6.72. The lowest BCUT2D eigenvalue weighted by Crippen LogP contribution is -2.53. The van der Waals surface area contributed by atoms with Crippen molar-refractivity contribution in [1.82, 2.24) is 5.32 Å². The summed E-state index contributed by atoms with van der Waals surface area (Å²) in [5.41, 5.74) is 2.48. The van der Waals surface area contributed by atoms with Gasteiger partial charge in [0.2, 0.25) is 0 Å². The second kappa shape index (κ2) is 19.0. The molecule has 1 N–H and O–H groups in total. The van der Waals surface area contributed by atoms with Crippen LogP contribution in [-0.4, -0.2) is 45.8 Å². The standard InChI is InChI=1S/C39H55NO5Si/c1-33(40-38(41)43-32-35-21-13-9-14-22-35)37(46(2,3)36-23-15-10-16-24-36)25-27-39(44-29-30-45-39)26-17-6-4-5-7-18-28-42-31-34-19-11-8-12-20-34/h8-16,19-24,33,37H,4-7,17-18,25-32H2,1-3H3,(H,40,41)/t33-,37-/m0/s1. The summed E-state index contributed by atoms with van der Waals surface area (Å²) < 4.78 is 24.1. The quantitative estimate of drug-likeness (QED) is 0.0983. The van der Waals surface area contributed by atoms with Crippen LogP contribution in [0.3, 0.4) is 0 Å². The zero-order chi connectivity index (χ0) is 32.5. The van der Waals surface area contributed by atoms with Crippen molar-refractivity contribution in [3.8, 4) is 0 Å². The van der Waals surface area contributed by atoms with Crippen LogP contribution >= 0.6 is 0 Å². The predicted octanol–water partition coefficient (Wildman–Crippen LogP) is 8.76. The van der Waals surface area contributed by atoms with Crippen LogP contribution in [0.25, 0.3) is 0 Å². The number of carbonyl (C=O) groups excluding carboxylic acids is 1. The number of unbranched alkanes of at least 4 members (excludes halogenated alkanes) is 5. The number of carbonyl (C=O) groups is 1. The van der Waals surface area contributed by atoms with Gasteiger partial charge in [-0.25, -0.2) is 4.79 Å². The summed E-state index contributed by atoms with van der Waals surface area (Å²) in [7, 11) is -2.00. The predicted molar refractivity (Wildman–Crippen MR) is 189 cm³/mol. The first-order valence-corrected chi connectivity index (χ1v) is 20.4. The minimum atomic E-state index is -2.00. The van der Waals surface area contributed by atoms with Crippen molar-refractivity contribution in [2.24, 2.45) is 0 Å². The van der Waals surface area contributed by atoms with Gasteiger partial charge in [-0.2, -0.15) is 0 Å². The summed E-state index contributed by atoms with van der Waals surface area (Å²) in [5, 5.41) is 4.58. The summed E-state index contributed by atoms with van der Waals surface area (Å²) in [6.07, 6.45) is 9.31. The number of hydrogen-bond donors (Lipinski definition) is 1. The van der Waals surface area contributed by atoms with E-state index in [1.54, 1.807) is 0 Å². The van der Waals surface area contributed by atoms with Gasteiger partial charge in [0.15, 0.2) is 5.79 Å². The number of alkyl carbamates (subject to hydrolysis) is 1. The van der Waals surface area contributed by atoms with Gasteiger partial charge in [-0.05, 0) is 42.9 Å². The van der Waals surface area contributed by atoms with E-state index in [0.29, 0.717) is 19.8 Å². The van der Waals surface area contributed by atoms with Crippen molar-refractivity contribution in [3.05, 3.63) is 102 Å². The summed E-state index contributed by atoms with van der Waals surface area (Å²) in [5.74, 6) is -0.530. The number of amides is 1. The largest absolute Gasteiger partial charge is 0.445 e. The van der Waals surface area contributed by atoms with Crippen molar-refractivity contribution in [2.45, 2.75) is 108 Å². The molecule has 1 aliphatic rings. The highest BCUT2D eigenvalue weighted by atomic mass is 28.3. The lowest BCUT2D eigenvalue weighted by molar-refractivity contribution is -0.168. The van der Waals surface area contributed by atoms with E-state index in [0.717, 1.165) is 44.3 Å². The minimum Gasteiger partial charge on any atom is -0.445 e.